The van der Waals surface area contributed by atoms with Crippen LogP contribution in [-0.4, -0.2) is 9.55 Å². The van der Waals surface area contributed by atoms with Crippen LogP contribution < -0.4 is 5.32 Å². The molecule has 3 rings (SSSR count). The Balaban J connectivity index is 1.78. The second-order valence-corrected chi connectivity index (χ2v) is 5.73. The van der Waals surface area contributed by atoms with Gasteiger partial charge in [-0.25, -0.2) is 4.98 Å². The molecule has 100 valence electrons. The molecular formula is C16H21N3. The SMILES string of the molecule is CC(C)Cn1ccnc1NC1CCc2ccccc21. The van der Waals surface area contributed by atoms with E-state index in [-0.39, 0.29) is 0 Å². The third-order valence-electron chi connectivity index (χ3n) is 3.71. The number of aromatic nitrogens is 2. The molecule has 3 nitrogen and oxygen atoms in total. The summed E-state index contributed by atoms with van der Waals surface area (Å²) in [4.78, 5) is 4.46. The van der Waals surface area contributed by atoms with Gasteiger partial charge in [0.25, 0.3) is 0 Å². The molecule has 0 spiro atoms. The molecule has 2 aromatic rings. The number of hydrogen-bond acceptors (Lipinski definition) is 2. The summed E-state index contributed by atoms with van der Waals surface area (Å²) in [6.07, 6.45) is 6.27. The first kappa shape index (κ1) is 12.3. The van der Waals surface area contributed by atoms with Crippen LogP contribution in [0.15, 0.2) is 36.7 Å². The fraction of sp³-hybridized carbons (Fsp3) is 0.438. The van der Waals surface area contributed by atoms with Crippen LogP contribution in [0.3, 0.4) is 0 Å². The first-order valence-electron chi connectivity index (χ1n) is 7.09. The summed E-state index contributed by atoms with van der Waals surface area (Å²) >= 11 is 0. The lowest BCUT2D eigenvalue weighted by Gasteiger charge is -2.17. The van der Waals surface area contributed by atoms with Crippen molar-refractivity contribution < 1.29 is 0 Å². The molecule has 1 unspecified atom stereocenters. The van der Waals surface area contributed by atoms with Crippen LogP contribution in [-0.2, 0) is 13.0 Å². The Hall–Kier alpha value is -1.77. The third kappa shape index (κ3) is 2.50. The van der Waals surface area contributed by atoms with Gasteiger partial charge in [-0.05, 0) is 29.9 Å². The van der Waals surface area contributed by atoms with E-state index in [2.05, 4.69) is 59.2 Å². The lowest BCUT2D eigenvalue weighted by Crippen LogP contribution is -2.13. The maximum absolute atomic E-state index is 4.46. The van der Waals surface area contributed by atoms with E-state index in [4.69, 9.17) is 0 Å². The molecule has 1 aromatic carbocycles. The van der Waals surface area contributed by atoms with Crippen LogP contribution in [0.4, 0.5) is 5.95 Å². The fourth-order valence-corrected chi connectivity index (χ4v) is 2.85. The summed E-state index contributed by atoms with van der Waals surface area (Å²) in [7, 11) is 0. The summed E-state index contributed by atoms with van der Waals surface area (Å²) < 4.78 is 2.21. The number of nitrogens with zero attached hydrogens (tertiary/aromatic N) is 2. The van der Waals surface area contributed by atoms with Gasteiger partial charge in [0.15, 0.2) is 0 Å². The van der Waals surface area contributed by atoms with Crippen LogP contribution in [0.2, 0.25) is 0 Å². The van der Waals surface area contributed by atoms with Gasteiger partial charge in [-0.2, -0.15) is 0 Å². The summed E-state index contributed by atoms with van der Waals surface area (Å²) in [6, 6.07) is 9.12. The predicted octanol–water partition coefficient (Wildman–Crippen LogP) is 3.64. The lowest BCUT2D eigenvalue weighted by molar-refractivity contribution is 0.524. The standard InChI is InChI=1S/C16H21N3/c1-12(2)11-19-10-9-17-16(19)18-15-8-7-13-5-3-4-6-14(13)15/h3-6,9-10,12,15H,7-8,11H2,1-2H3,(H,17,18). The molecule has 0 saturated heterocycles. The van der Waals surface area contributed by atoms with Crippen molar-refractivity contribution in [2.75, 3.05) is 5.32 Å². The Bertz CT molecular complexity index is 557. The maximum Gasteiger partial charge on any atom is 0.203 e. The summed E-state index contributed by atoms with van der Waals surface area (Å²) in [5.74, 6) is 1.63. The highest BCUT2D eigenvalue weighted by molar-refractivity contribution is 5.40. The lowest BCUT2D eigenvalue weighted by atomic mass is 10.1. The molecule has 0 fully saturated rings. The summed E-state index contributed by atoms with van der Waals surface area (Å²) in [5.41, 5.74) is 2.91. The van der Waals surface area contributed by atoms with E-state index in [0.29, 0.717) is 12.0 Å². The number of rotatable bonds is 4. The number of aryl methyl sites for hydroxylation is 1. The number of benzene rings is 1. The van der Waals surface area contributed by atoms with E-state index >= 15 is 0 Å². The van der Waals surface area contributed by atoms with Crippen LogP contribution in [0.25, 0.3) is 0 Å². The highest BCUT2D eigenvalue weighted by Gasteiger charge is 2.22. The zero-order valence-electron chi connectivity index (χ0n) is 11.6. The third-order valence-corrected chi connectivity index (χ3v) is 3.71. The van der Waals surface area contributed by atoms with Crippen molar-refractivity contribution in [2.45, 2.75) is 39.3 Å². The molecule has 3 heteroatoms. The smallest absolute Gasteiger partial charge is 0.203 e. The van der Waals surface area contributed by atoms with Crippen molar-refractivity contribution >= 4 is 5.95 Å². The van der Waals surface area contributed by atoms with Crippen molar-refractivity contribution in [2.24, 2.45) is 5.92 Å². The van der Waals surface area contributed by atoms with Crippen LogP contribution in [0, 0.1) is 5.92 Å². The Kier molecular flexibility index (Phi) is 3.28. The molecule has 1 aliphatic rings. The van der Waals surface area contributed by atoms with Crippen molar-refractivity contribution in [1.29, 1.82) is 0 Å². The zero-order valence-corrected chi connectivity index (χ0v) is 11.6. The summed E-state index contributed by atoms with van der Waals surface area (Å²) in [5, 5.41) is 3.60. The minimum absolute atomic E-state index is 0.407. The molecule has 1 aliphatic carbocycles. The number of hydrogen-bond donors (Lipinski definition) is 1. The second-order valence-electron chi connectivity index (χ2n) is 5.73. The van der Waals surface area contributed by atoms with E-state index in [1.807, 2.05) is 6.20 Å². The molecule has 1 heterocycles. The largest absolute Gasteiger partial charge is 0.349 e. The Morgan fingerprint density at radius 1 is 1.37 bits per heavy atom. The first-order chi connectivity index (χ1) is 9.24. The van der Waals surface area contributed by atoms with E-state index in [0.717, 1.165) is 18.9 Å². The summed E-state index contributed by atoms with van der Waals surface area (Å²) in [6.45, 7) is 5.47. The molecule has 1 atom stereocenters. The maximum atomic E-state index is 4.46. The molecule has 0 radical (unpaired) electrons. The van der Waals surface area contributed by atoms with E-state index in [9.17, 15) is 0 Å². The van der Waals surface area contributed by atoms with Crippen molar-refractivity contribution in [1.82, 2.24) is 9.55 Å². The first-order valence-corrected chi connectivity index (χ1v) is 7.09. The predicted molar refractivity (Wildman–Crippen MR) is 78.2 cm³/mol. The monoisotopic (exact) mass is 255 g/mol. The van der Waals surface area contributed by atoms with Gasteiger partial charge in [0.05, 0.1) is 6.04 Å². The van der Waals surface area contributed by atoms with Gasteiger partial charge in [-0.1, -0.05) is 38.1 Å². The molecule has 0 saturated carbocycles. The van der Waals surface area contributed by atoms with E-state index in [1.165, 1.54) is 17.5 Å². The molecule has 1 aromatic heterocycles. The van der Waals surface area contributed by atoms with Crippen LogP contribution in [0.1, 0.15) is 37.4 Å². The highest BCUT2D eigenvalue weighted by Crippen LogP contribution is 2.33. The second kappa shape index (κ2) is 5.08. The molecule has 0 bridgehead atoms. The van der Waals surface area contributed by atoms with Gasteiger partial charge < -0.3 is 9.88 Å². The van der Waals surface area contributed by atoms with Gasteiger partial charge in [0.2, 0.25) is 5.95 Å². The molecule has 0 amide bonds. The van der Waals surface area contributed by atoms with Gasteiger partial charge in [-0.15, -0.1) is 0 Å². The van der Waals surface area contributed by atoms with E-state index < -0.39 is 0 Å². The van der Waals surface area contributed by atoms with Gasteiger partial charge >= 0.3 is 0 Å². The quantitative estimate of drug-likeness (QED) is 0.904. The molecule has 1 N–H and O–H groups in total. The molecule has 0 aliphatic heterocycles. The zero-order chi connectivity index (χ0) is 13.2. The average molecular weight is 255 g/mol. The average Bonchev–Trinajstić information content (AvgIpc) is 2.98. The topological polar surface area (TPSA) is 29.9 Å². The van der Waals surface area contributed by atoms with Gasteiger partial charge in [0.1, 0.15) is 0 Å². The van der Waals surface area contributed by atoms with E-state index in [1.54, 1.807) is 0 Å². The Labute approximate surface area is 114 Å². The van der Waals surface area contributed by atoms with Gasteiger partial charge in [0, 0.05) is 18.9 Å². The minimum Gasteiger partial charge on any atom is -0.349 e. The van der Waals surface area contributed by atoms with Crippen molar-refractivity contribution in [3.05, 3.63) is 47.8 Å². The van der Waals surface area contributed by atoms with Gasteiger partial charge in [-0.3, -0.25) is 0 Å². The number of fused-ring (bicyclic) bond motifs is 1. The Morgan fingerprint density at radius 2 is 2.21 bits per heavy atom. The van der Waals surface area contributed by atoms with Crippen LogP contribution >= 0.6 is 0 Å². The van der Waals surface area contributed by atoms with Crippen molar-refractivity contribution in [3.8, 4) is 0 Å². The number of anilines is 1. The number of imidazole rings is 1. The minimum atomic E-state index is 0.407. The van der Waals surface area contributed by atoms with Crippen molar-refractivity contribution in [3.63, 3.8) is 0 Å². The fourth-order valence-electron chi connectivity index (χ4n) is 2.85. The molecule has 19 heavy (non-hydrogen) atoms. The Morgan fingerprint density at radius 3 is 3.05 bits per heavy atom. The highest BCUT2D eigenvalue weighted by atomic mass is 15.2. The normalized spacial score (nSPS) is 17.7. The molecular weight excluding hydrogens is 234 g/mol. The van der Waals surface area contributed by atoms with Crippen LogP contribution in [0.5, 0.6) is 0 Å². The number of nitrogens with one attached hydrogen (secondary N) is 1.